The first-order chi connectivity index (χ1) is 10.0. The fourth-order valence-electron chi connectivity index (χ4n) is 2.77. The summed E-state index contributed by atoms with van der Waals surface area (Å²) in [4.78, 5) is -0.272. The molecule has 2 heterocycles. The highest BCUT2D eigenvalue weighted by Crippen LogP contribution is 2.33. The van der Waals surface area contributed by atoms with E-state index in [0.717, 1.165) is 12.5 Å². The van der Waals surface area contributed by atoms with Crippen LogP contribution in [0.3, 0.4) is 0 Å². The van der Waals surface area contributed by atoms with Crippen molar-refractivity contribution < 1.29 is 22.3 Å². The monoisotopic (exact) mass is 315 g/mol. The van der Waals surface area contributed by atoms with Crippen LogP contribution >= 0.6 is 0 Å². The number of piperidine rings is 1. The normalized spacial score (nSPS) is 23.3. The average molecular weight is 315 g/mol. The first kappa shape index (κ1) is 14.9. The molecule has 0 atom stereocenters. The molecule has 2 aliphatic heterocycles. The van der Waals surface area contributed by atoms with Gasteiger partial charge in [-0.25, -0.2) is 12.8 Å². The van der Waals surface area contributed by atoms with E-state index in [1.165, 1.54) is 22.5 Å². The lowest BCUT2D eigenvalue weighted by molar-refractivity contribution is -0.280. The quantitative estimate of drug-likeness (QED) is 0.834. The Morgan fingerprint density at radius 3 is 2.33 bits per heavy atom. The van der Waals surface area contributed by atoms with Gasteiger partial charge in [0.15, 0.2) is 5.79 Å². The topological polar surface area (TPSA) is 55.8 Å². The van der Waals surface area contributed by atoms with Crippen molar-refractivity contribution in [3.05, 3.63) is 30.1 Å². The molecule has 0 unspecified atom stereocenters. The van der Waals surface area contributed by atoms with Crippen molar-refractivity contribution in [2.75, 3.05) is 26.3 Å². The molecule has 5 nitrogen and oxygen atoms in total. The number of sulfonamides is 1. The van der Waals surface area contributed by atoms with Crippen LogP contribution in [0.4, 0.5) is 4.39 Å². The van der Waals surface area contributed by atoms with Crippen molar-refractivity contribution in [3.8, 4) is 0 Å². The van der Waals surface area contributed by atoms with Crippen LogP contribution in [-0.2, 0) is 19.5 Å². The number of benzene rings is 1. The minimum absolute atomic E-state index is 0.272. The molecule has 1 spiro atoms. The second-order valence-electron chi connectivity index (χ2n) is 5.30. The number of nitrogens with zero attached hydrogens (tertiary/aromatic N) is 1. The molecule has 0 N–H and O–H groups in total. The lowest BCUT2D eigenvalue weighted by Crippen LogP contribution is -2.51. The van der Waals surface area contributed by atoms with Gasteiger partial charge >= 0.3 is 0 Å². The van der Waals surface area contributed by atoms with Crippen molar-refractivity contribution in [2.24, 2.45) is 0 Å². The SMILES string of the molecule is O=S(=O)(c1ccccc1F)N1CCC2(CC1)OCCCO2. The van der Waals surface area contributed by atoms with Crippen LogP contribution in [0.5, 0.6) is 0 Å². The number of rotatable bonds is 2. The number of hydrogen-bond acceptors (Lipinski definition) is 4. The molecule has 0 saturated carbocycles. The summed E-state index contributed by atoms with van der Waals surface area (Å²) in [6.45, 7) is 1.83. The summed E-state index contributed by atoms with van der Waals surface area (Å²) < 4.78 is 51.4. The summed E-state index contributed by atoms with van der Waals surface area (Å²) in [6.07, 6.45) is 1.81. The zero-order valence-corrected chi connectivity index (χ0v) is 12.4. The molecular formula is C14H18FNO4S. The molecule has 1 aromatic rings. The van der Waals surface area contributed by atoms with Gasteiger partial charge in [-0.2, -0.15) is 4.31 Å². The minimum atomic E-state index is -3.80. The zero-order chi connectivity index (χ0) is 14.9. The summed E-state index contributed by atoms with van der Waals surface area (Å²) in [5.41, 5.74) is 0. The highest BCUT2D eigenvalue weighted by atomic mass is 32.2. The number of ether oxygens (including phenoxy) is 2. The Labute approximate surface area is 123 Å². The first-order valence-corrected chi connectivity index (χ1v) is 8.50. The molecule has 3 rings (SSSR count). The molecule has 116 valence electrons. The molecule has 2 aliphatic rings. The third-order valence-corrected chi connectivity index (χ3v) is 5.89. The van der Waals surface area contributed by atoms with E-state index in [9.17, 15) is 12.8 Å². The summed E-state index contributed by atoms with van der Waals surface area (Å²) >= 11 is 0. The molecule has 0 aliphatic carbocycles. The summed E-state index contributed by atoms with van der Waals surface area (Å²) in [5, 5.41) is 0. The Hall–Kier alpha value is -1.02. The Bertz CT molecular complexity index is 603. The fraction of sp³-hybridized carbons (Fsp3) is 0.571. The second kappa shape index (κ2) is 5.64. The molecule has 2 saturated heterocycles. The lowest BCUT2D eigenvalue weighted by atomic mass is 10.0. The number of halogens is 1. The van der Waals surface area contributed by atoms with Gasteiger partial charge in [0.1, 0.15) is 10.7 Å². The third-order valence-electron chi connectivity index (χ3n) is 3.96. The molecule has 21 heavy (non-hydrogen) atoms. The molecule has 7 heteroatoms. The van der Waals surface area contributed by atoms with Gasteiger partial charge in [0, 0.05) is 25.9 Å². The summed E-state index contributed by atoms with van der Waals surface area (Å²) in [6, 6.07) is 5.45. The molecule has 2 fully saturated rings. The molecule has 0 bridgehead atoms. The predicted octanol–water partition coefficient (Wildman–Crippen LogP) is 1.74. The van der Waals surface area contributed by atoms with Crippen molar-refractivity contribution in [3.63, 3.8) is 0 Å². The van der Waals surface area contributed by atoms with Gasteiger partial charge in [0.25, 0.3) is 0 Å². The maximum absolute atomic E-state index is 13.7. The highest BCUT2D eigenvalue weighted by molar-refractivity contribution is 7.89. The van der Waals surface area contributed by atoms with Gasteiger partial charge in [-0.3, -0.25) is 0 Å². The Kier molecular flexibility index (Phi) is 4.00. The molecule has 0 radical (unpaired) electrons. The predicted molar refractivity (Wildman–Crippen MR) is 73.6 cm³/mol. The van der Waals surface area contributed by atoms with Gasteiger partial charge in [-0.1, -0.05) is 12.1 Å². The van der Waals surface area contributed by atoms with E-state index in [2.05, 4.69) is 0 Å². The number of hydrogen-bond donors (Lipinski definition) is 0. The maximum Gasteiger partial charge on any atom is 0.245 e. The fourth-order valence-corrected chi connectivity index (χ4v) is 4.27. The zero-order valence-electron chi connectivity index (χ0n) is 11.6. The summed E-state index contributed by atoms with van der Waals surface area (Å²) in [5.74, 6) is -1.37. The van der Waals surface area contributed by atoms with Crippen LogP contribution < -0.4 is 0 Å². The third kappa shape index (κ3) is 2.83. The van der Waals surface area contributed by atoms with Crippen molar-refractivity contribution in [1.82, 2.24) is 4.31 Å². The van der Waals surface area contributed by atoms with Crippen molar-refractivity contribution >= 4 is 10.0 Å². The van der Waals surface area contributed by atoms with Crippen LogP contribution in [0.15, 0.2) is 29.2 Å². The minimum Gasteiger partial charge on any atom is -0.350 e. The average Bonchev–Trinajstić information content (AvgIpc) is 2.49. The van der Waals surface area contributed by atoms with E-state index in [-0.39, 0.29) is 18.0 Å². The van der Waals surface area contributed by atoms with Crippen molar-refractivity contribution in [1.29, 1.82) is 0 Å². The van der Waals surface area contributed by atoms with E-state index in [0.29, 0.717) is 26.1 Å². The van der Waals surface area contributed by atoms with Crippen LogP contribution in [0.2, 0.25) is 0 Å². The van der Waals surface area contributed by atoms with Gasteiger partial charge in [-0.15, -0.1) is 0 Å². The van der Waals surface area contributed by atoms with Gasteiger partial charge in [0.05, 0.1) is 13.2 Å². The van der Waals surface area contributed by atoms with E-state index in [1.807, 2.05) is 0 Å². The standard InChI is InChI=1S/C14H18FNO4S/c15-12-4-1-2-5-13(12)21(17,18)16-8-6-14(7-9-16)19-10-3-11-20-14/h1-2,4-5H,3,6-11H2. The Balaban J connectivity index is 1.76. The van der Waals surface area contributed by atoms with Gasteiger partial charge < -0.3 is 9.47 Å². The molecular weight excluding hydrogens is 297 g/mol. The van der Waals surface area contributed by atoms with Gasteiger partial charge in [-0.05, 0) is 18.6 Å². The van der Waals surface area contributed by atoms with Crippen LogP contribution in [0.1, 0.15) is 19.3 Å². The van der Waals surface area contributed by atoms with E-state index < -0.39 is 21.6 Å². The van der Waals surface area contributed by atoms with Crippen molar-refractivity contribution in [2.45, 2.75) is 29.9 Å². The van der Waals surface area contributed by atoms with E-state index in [4.69, 9.17) is 9.47 Å². The molecule has 1 aromatic carbocycles. The highest BCUT2D eigenvalue weighted by Gasteiger charge is 2.41. The summed E-state index contributed by atoms with van der Waals surface area (Å²) in [7, 11) is -3.80. The van der Waals surface area contributed by atoms with Crippen LogP contribution in [-0.4, -0.2) is 44.8 Å². The van der Waals surface area contributed by atoms with Gasteiger partial charge in [0.2, 0.25) is 10.0 Å². The smallest absolute Gasteiger partial charge is 0.245 e. The molecule has 0 amide bonds. The van der Waals surface area contributed by atoms with Crippen LogP contribution in [0, 0.1) is 5.82 Å². The van der Waals surface area contributed by atoms with E-state index >= 15 is 0 Å². The molecule has 0 aromatic heterocycles. The second-order valence-corrected chi connectivity index (χ2v) is 7.20. The van der Waals surface area contributed by atoms with Crippen LogP contribution in [0.25, 0.3) is 0 Å². The van der Waals surface area contributed by atoms with E-state index in [1.54, 1.807) is 0 Å². The Morgan fingerprint density at radius 2 is 1.71 bits per heavy atom. The maximum atomic E-state index is 13.7. The lowest BCUT2D eigenvalue weighted by Gasteiger charge is -2.42. The largest absolute Gasteiger partial charge is 0.350 e. The Morgan fingerprint density at radius 1 is 1.10 bits per heavy atom. The first-order valence-electron chi connectivity index (χ1n) is 7.06.